The average Bonchev–Trinajstić information content (AvgIpc) is 0. The number of hydrogen-bond acceptors (Lipinski definition) is 0. The summed E-state index contributed by atoms with van der Waals surface area (Å²) in [5.74, 6) is 0. The molecule has 0 saturated carbocycles. The van der Waals surface area contributed by atoms with Crippen LogP contribution in [0.25, 0.3) is 0 Å². The minimum absolute atomic E-state index is 0. The summed E-state index contributed by atoms with van der Waals surface area (Å²) in [5.41, 5.74) is 0. The Morgan fingerprint density at radius 2 is 0.211 bits per heavy atom. The van der Waals surface area contributed by atoms with Crippen LogP contribution in [0.3, 0.4) is 0 Å². The predicted molar refractivity (Wildman–Crippen MR) is 8.92 cm³/mol. The summed E-state index contributed by atoms with van der Waals surface area (Å²) < 4.78 is 0. The fourth-order valence-corrected chi connectivity index (χ4v) is 0. The van der Waals surface area contributed by atoms with Crippen LogP contribution in [0.5, 0.6) is 0 Å². The Morgan fingerprint density at radius 1 is 0.211 bits per heavy atom. The van der Waals surface area contributed by atoms with Gasteiger partial charge in [0.1, 0.15) is 0 Å². The molecule has 19 heavy (non-hydrogen) atoms. The first-order valence-electron chi connectivity index (χ1n) is 0. The molecule has 0 amide bonds. The van der Waals surface area contributed by atoms with Gasteiger partial charge in [-0.1, -0.05) is 0 Å². The first kappa shape index (κ1) is 594. The van der Waals surface area contributed by atoms with Crippen molar-refractivity contribution in [2.75, 3.05) is 0 Å². The van der Waals surface area contributed by atoms with Gasteiger partial charge in [0, 0.05) is 0 Å². The van der Waals surface area contributed by atoms with Crippen LogP contribution in [0.2, 0.25) is 0 Å². The summed E-state index contributed by atoms with van der Waals surface area (Å²) >= 11 is 0. The average molecular weight is 1110 g/mol. The Hall–Kier alpha value is 4.47. The van der Waals surface area contributed by atoms with E-state index in [0.717, 1.165) is 0 Å². The quantitative estimate of drug-likeness (QED) is 0.249. The Labute approximate surface area is 216 Å². The standard InChI is InChI=1S/2Hf.13O.2Ta.2Zr/q2*+4;13*-2;2*+5;2*+4. The van der Waals surface area contributed by atoms with Gasteiger partial charge < -0.3 is 71.2 Å². The number of rotatable bonds is 0. The summed E-state index contributed by atoms with van der Waals surface area (Å²) in [6, 6.07) is 0. The summed E-state index contributed by atoms with van der Waals surface area (Å²) in [6.07, 6.45) is 0. The van der Waals surface area contributed by atoms with Crippen LogP contribution in [-0.4, -0.2) is 0 Å². The first-order valence-corrected chi connectivity index (χ1v) is 0. The van der Waals surface area contributed by atoms with E-state index >= 15 is 0 Å². The maximum atomic E-state index is 0. The fourth-order valence-electron chi connectivity index (χ4n) is 0. The molecule has 0 aliphatic carbocycles. The van der Waals surface area contributed by atoms with Crippen molar-refractivity contribution in [2.24, 2.45) is 0 Å². The van der Waals surface area contributed by atoms with Gasteiger partial charge in [-0.15, -0.1) is 0 Å². The van der Waals surface area contributed by atoms with Crippen LogP contribution < -0.4 is 0 Å². The van der Waals surface area contributed by atoms with Crippen molar-refractivity contribution in [3.63, 3.8) is 0 Å². The third-order valence-corrected chi connectivity index (χ3v) is 0. The van der Waals surface area contributed by atoms with Crippen LogP contribution in [0, 0.1) is 0 Å². The van der Waals surface area contributed by atoms with Crippen molar-refractivity contribution < 1.29 is 220 Å². The molecule has 0 radical (unpaired) electrons. The molecule has 0 rings (SSSR count). The van der Waals surface area contributed by atoms with E-state index in [0.29, 0.717) is 0 Å². The van der Waals surface area contributed by atoms with Gasteiger partial charge in [-0.2, -0.15) is 0 Å². The Kier molecular flexibility index (Phi) is 16200. The van der Waals surface area contributed by atoms with E-state index in [1.807, 2.05) is 0 Å². The van der Waals surface area contributed by atoms with Gasteiger partial charge in [0.2, 0.25) is 0 Å². The van der Waals surface area contributed by atoms with Gasteiger partial charge in [-0.25, -0.2) is 0 Å². The maximum absolute atomic E-state index is 0. The molecule has 104 valence electrons. The molecule has 0 aromatic heterocycles. The molecule has 19 heteroatoms. The van der Waals surface area contributed by atoms with Crippen LogP contribution in [-0.2, 0) is 220 Å². The van der Waals surface area contributed by atoms with Crippen LogP contribution in [0.15, 0.2) is 0 Å². The van der Waals surface area contributed by atoms with Gasteiger partial charge in [-0.3, -0.25) is 0 Å². The largest absolute Gasteiger partial charge is 5.00 e. The smallest absolute Gasteiger partial charge is 2.00 e. The zero-order valence-corrected chi connectivity index (χ0v) is 26.7. The van der Waals surface area contributed by atoms with Crippen molar-refractivity contribution in [1.82, 2.24) is 0 Å². The molecule has 0 N–H and O–H groups in total. The zero-order valence-electron chi connectivity index (χ0n) is 8.20. The van der Waals surface area contributed by atoms with Crippen LogP contribution in [0.4, 0.5) is 0 Å². The molecular weight excluding hydrogens is 1110 g/mol. The van der Waals surface area contributed by atoms with Gasteiger partial charge in [0.15, 0.2) is 0 Å². The van der Waals surface area contributed by atoms with Gasteiger partial charge in [0.05, 0.1) is 0 Å². The van der Waals surface area contributed by atoms with Crippen molar-refractivity contribution in [3.8, 4) is 0 Å². The maximum Gasteiger partial charge on any atom is 5.00 e. The SMILES string of the molecule is [Hf+4].[Hf+4].[O-2].[O-2].[O-2].[O-2].[O-2].[O-2].[O-2].[O-2].[O-2].[O-2].[O-2].[O-2].[O-2].[Ta+5].[Ta+5].[Zr+4].[Zr+4]. The van der Waals surface area contributed by atoms with Gasteiger partial charge in [0.25, 0.3) is 0 Å². The molecular formula is Hf2O13Ta2Zr2. The molecule has 0 spiro atoms. The second-order valence-corrected chi connectivity index (χ2v) is 0. The monoisotopic (exact) mass is 1110 g/mol. The van der Waals surface area contributed by atoms with E-state index in [1.165, 1.54) is 0 Å². The summed E-state index contributed by atoms with van der Waals surface area (Å²) in [7, 11) is 0. The normalized spacial score (nSPS) is 0. The second kappa shape index (κ2) is 519. The van der Waals surface area contributed by atoms with Crippen molar-refractivity contribution in [3.05, 3.63) is 0 Å². The molecule has 0 aromatic rings. The Morgan fingerprint density at radius 3 is 0.211 bits per heavy atom. The van der Waals surface area contributed by atoms with E-state index < -0.39 is 0 Å². The molecule has 0 unspecified atom stereocenters. The van der Waals surface area contributed by atoms with Gasteiger partial charge >= 0.3 is 149 Å². The second-order valence-electron chi connectivity index (χ2n) is 0. The third-order valence-electron chi connectivity index (χ3n) is 0. The van der Waals surface area contributed by atoms with Crippen molar-refractivity contribution >= 4 is 0 Å². The molecule has 0 atom stereocenters. The van der Waals surface area contributed by atoms with Crippen LogP contribution in [0.1, 0.15) is 0 Å². The first-order chi connectivity index (χ1) is 0. The predicted octanol–water partition coefficient (Wildman–Crippen LogP) is -1.56. The van der Waals surface area contributed by atoms with E-state index in [4.69, 9.17) is 0 Å². The van der Waals surface area contributed by atoms with E-state index in [9.17, 15) is 0 Å². The molecule has 0 aromatic carbocycles. The molecule has 0 bridgehead atoms. The van der Waals surface area contributed by atoms with Crippen molar-refractivity contribution in [2.45, 2.75) is 0 Å². The van der Waals surface area contributed by atoms with Crippen molar-refractivity contribution in [1.29, 1.82) is 0 Å². The molecule has 0 saturated heterocycles. The molecule has 0 heterocycles. The van der Waals surface area contributed by atoms with Crippen LogP contribution >= 0.6 is 0 Å². The Bertz CT molecular complexity index is 26.6. The topological polar surface area (TPSA) is 370 Å². The van der Waals surface area contributed by atoms with E-state index in [-0.39, 0.29) is 220 Å². The summed E-state index contributed by atoms with van der Waals surface area (Å²) in [4.78, 5) is 0. The fraction of sp³-hybridized carbons (Fsp3) is 0. The molecule has 0 aliphatic rings. The molecule has 0 aliphatic heterocycles. The number of hydrogen-bond donors (Lipinski definition) is 0. The Balaban J connectivity index is 0. The van der Waals surface area contributed by atoms with Gasteiger partial charge in [-0.05, 0) is 0 Å². The van der Waals surface area contributed by atoms with E-state index in [1.54, 1.807) is 0 Å². The minimum atomic E-state index is 0. The molecule has 0 fully saturated rings. The molecule has 13 nitrogen and oxygen atoms in total. The minimum Gasteiger partial charge on any atom is -2.00 e. The third kappa shape index (κ3) is 472. The zero-order chi connectivity index (χ0) is 0. The summed E-state index contributed by atoms with van der Waals surface area (Å²) in [5, 5.41) is 0. The summed E-state index contributed by atoms with van der Waals surface area (Å²) in [6.45, 7) is 0. The van der Waals surface area contributed by atoms with E-state index in [2.05, 4.69) is 0 Å².